The second kappa shape index (κ2) is 10.0. The smallest absolute Gasteiger partial charge is 0.293 e. The van der Waals surface area contributed by atoms with E-state index in [-0.39, 0.29) is 53.7 Å². The average molecular weight is 499 g/mol. The van der Waals surface area contributed by atoms with Crippen molar-refractivity contribution in [2.75, 3.05) is 23.7 Å². The Morgan fingerprint density at radius 3 is 2.60 bits per heavy atom. The Labute approximate surface area is 208 Å². The molecule has 0 aromatic heterocycles. The van der Waals surface area contributed by atoms with E-state index in [1.54, 1.807) is 18.2 Å². The second-order valence-corrected chi connectivity index (χ2v) is 9.70. The zero-order valence-electron chi connectivity index (χ0n) is 19.5. The van der Waals surface area contributed by atoms with Crippen LogP contribution in [0.4, 0.5) is 17.1 Å². The van der Waals surface area contributed by atoms with E-state index < -0.39 is 10.8 Å². The van der Waals surface area contributed by atoms with Gasteiger partial charge in [0.05, 0.1) is 16.8 Å². The lowest BCUT2D eigenvalue weighted by atomic mass is 9.76. The summed E-state index contributed by atoms with van der Waals surface area (Å²) >= 11 is 6.09. The number of hydrogen-bond acceptors (Lipinski definition) is 6. The number of anilines is 2. The molecule has 0 unspecified atom stereocenters. The number of nitro groups is 1. The highest BCUT2D eigenvalue weighted by molar-refractivity contribution is 6.31. The molecule has 0 spiro atoms. The van der Waals surface area contributed by atoms with Gasteiger partial charge in [-0.25, -0.2) is 0 Å². The number of rotatable bonds is 7. The van der Waals surface area contributed by atoms with Gasteiger partial charge in [0.1, 0.15) is 5.69 Å². The summed E-state index contributed by atoms with van der Waals surface area (Å²) in [6, 6.07) is 9.18. The largest absolute Gasteiger partial charge is 0.378 e. The molecular weight excluding hydrogens is 472 g/mol. The standard InChI is InChI=1S/C25H27ClN4O5/c1-14-3-7-18-19(11-14)25(33)29(24(18)32)10-9-27-21-8-5-16(12-22(21)30(34)35)23(31)28-17-6-4-15(2)20(26)13-17/h4-6,8,12-14,18-19,27H,3,7,9-11H2,1-2H3,(H,28,31)/t14-,18+,19+/m1/s1. The summed E-state index contributed by atoms with van der Waals surface area (Å²) in [6.07, 6.45) is 2.39. The van der Waals surface area contributed by atoms with Gasteiger partial charge in [-0.2, -0.15) is 0 Å². The molecule has 2 fully saturated rings. The molecule has 2 aromatic rings. The molecule has 184 valence electrons. The average Bonchev–Trinajstić information content (AvgIpc) is 3.05. The van der Waals surface area contributed by atoms with Crippen LogP contribution >= 0.6 is 11.6 Å². The summed E-state index contributed by atoms with van der Waals surface area (Å²) < 4.78 is 0. The molecule has 3 amide bonds. The molecule has 3 atom stereocenters. The fourth-order valence-electron chi connectivity index (χ4n) is 4.83. The van der Waals surface area contributed by atoms with Crippen LogP contribution < -0.4 is 10.6 Å². The number of nitrogens with zero attached hydrogens (tertiary/aromatic N) is 2. The lowest BCUT2D eigenvalue weighted by molar-refractivity contribution is -0.384. The molecule has 2 aromatic carbocycles. The highest BCUT2D eigenvalue weighted by Crippen LogP contribution is 2.40. The number of hydrogen-bond donors (Lipinski definition) is 2. The topological polar surface area (TPSA) is 122 Å². The first-order valence-corrected chi connectivity index (χ1v) is 12.0. The quantitative estimate of drug-likeness (QED) is 0.326. The molecular formula is C25H27ClN4O5. The number of amides is 3. The monoisotopic (exact) mass is 498 g/mol. The number of carbonyl (C=O) groups excluding carboxylic acids is 3. The number of halogens is 1. The maximum atomic E-state index is 12.7. The normalized spacial score (nSPS) is 21.6. The number of aryl methyl sites for hydroxylation is 1. The van der Waals surface area contributed by atoms with Gasteiger partial charge < -0.3 is 10.6 Å². The van der Waals surface area contributed by atoms with Gasteiger partial charge in [0.25, 0.3) is 11.6 Å². The molecule has 0 bridgehead atoms. The number of nitrogens with one attached hydrogen (secondary N) is 2. The van der Waals surface area contributed by atoms with Gasteiger partial charge in [-0.3, -0.25) is 29.4 Å². The van der Waals surface area contributed by atoms with Crippen LogP contribution in [0.3, 0.4) is 0 Å². The predicted molar refractivity (Wildman–Crippen MR) is 132 cm³/mol. The van der Waals surface area contributed by atoms with Crippen LogP contribution in [0.5, 0.6) is 0 Å². The van der Waals surface area contributed by atoms with Crippen molar-refractivity contribution in [3.8, 4) is 0 Å². The van der Waals surface area contributed by atoms with Crippen LogP contribution in [0.1, 0.15) is 42.1 Å². The third-order valence-electron chi connectivity index (χ3n) is 6.82. The lowest BCUT2D eigenvalue weighted by Gasteiger charge is -2.25. The SMILES string of the molecule is Cc1ccc(NC(=O)c2ccc(NCCN3C(=O)[C@H]4CC[C@@H](C)C[C@@H]4C3=O)c([N+](=O)[O-])c2)cc1Cl. The lowest BCUT2D eigenvalue weighted by Crippen LogP contribution is -2.35. The Hall–Kier alpha value is -3.46. The van der Waals surface area contributed by atoms with Crippen LogP contribution in [0.15, 0.2) is 36.4 Å². The molecule has 0 radical (unpaired) electrons. The summed E-state index contributed by atoms with van der Waals surface area (Å²) in [4.78, 5) is 50.4. The predicted octanol–water partition coefficient (Wildman–Crippen LogP) is 4.64. The van der Waals surface area contributed by atoms with Gasteiger partial charge in [-0.05, 0) is 61.9 Å². The first-order valence-electron chi connectivity index (χ1n) is 11.6. The van der Waals surface area contributed by atoms with E-state index in [0.717, 1.165) is 24.8 Å². The van der Waals surface area contributed by atoms with E-state index in [0.29, 0.717) is 16.6 Å². The molecule has 2 N–H and O–H groups in total. The van der Waals surface area contributed by atoms with Gasteiger partial charge in [-0.15, -0.1) is 0 Å². The first kappa shape index (κ1) is 24.7. The van der Waals surface area contributed by atoms with E-state index in [9.17, 15) is 24.5 Å². The first-order chi connectivity index (χ1) is 16.7. The van der Waals surface area contributed by atoms with Crippen molar-refractivity contribution in [1.29, 1.82) is 0 Å². The number of imide groups is 1. The molecule has 35 heavy (non-hydrogen) atoms. The Balaban J connectivity index is 1.41. The summed E-state index contributed by atoms with van der Waals surface area (Å²) in [5, 5.41) is 17.8. The molecule has 1 heterocycles. The van der Waals surface area contributed by atoms with Gasteiger partial charge in [0.2, 0.25) is 11.8 Å². The van der Waals surface area contributed by atoms with Gasteiger partial charge in [0, 0.05) is 35.4 Å². The Morgan fingerprint density at radius 1 is 1.14 bits per heavy atom. The van der Waals surface area contributed by atoms with Crippen LogP contribution in [-0.4, -0.2) is 40.6 Å². The summed E-state index contributed by atoms with van der Waals surface area (Å²) in [6.45, 7) is 4.23. The number of carbonyl (C=O) groups is 3. The maximum absolute atomic E-state index is 12.7. The van der Waals surface area contributed by atoms with Crippen molar-refractivity contribution in [2.45, 2.75) is 33.1 Å². The zero-order valence-corrected chi connectivity index (χ0v) is 20.3. The Morgan fingerprint density at radius 2 is 1.89 bits per heavy atom. The molecule has 1 aliphatic carbocycles. The van der Waals surface area contributed by atoms with Crippen molar-refractivity contribution in [1.82, 2.24) is 4.90 Å². The van der Waals surface area contributed by atoms with E-state index in [2.05, 4.69) is 17.6 Å². The Kier molecular flexibility index (Phi) is 7.07. The summed E-state index contributed by atoms with van der Waals surface area (Å²) in [5.74, 6) is -0.870. The molecule has 10 heteroatoms. The Bertz CT molecular complexity index is 1200. The van der Waals surface area contributed by atoms with Crippen molar-refractivity contribution < 1.29 is 19.3 Å². The fraction of sp³-hybridized carbons (Fsp3) is 0.400. The van der Waals surface area contributed by atoms with Gasteiger partial charge in [-0.1, -0.05) is 24.6 Å². The summed E-state index contributed by atoms with van der Waals surface area (Å²) in [7, 11) is 0. The number of likely N-dealkylation sites (tertiary alicyclic amines) is 1. The minimum absolute atomic E-state index is 0.113. The van der Waals surface area contributed by atoms with Crippen molar-refractivity contribution >= 4 is 46.4 Å². The number of fused-ring (bicyclic) bond motifs is 1. The van der Waals surface area contributed by atoms with E-state index in [4.69, 9.17) is 11.6 Å². The van der Waals surface area contributed by atoms with Crippen LogP contribution in [0.25, 0.3) is 0 Å². The second-order valence-electron chi connectivity index (χ2n) is 9.29. The highest BCUT2D eigenvalue weighted by atomic mass is 35.5. The van der Waals surface area contributed by atoms with Crippen LogP contribution in [0.2, 0.25) is 5.02 Å². The summed E-state index contributed by atoms with van der Waals surface area (Å²) in [5.41, 5.74) is 1.38. The highest BCUT2D eigenvalue weighted by Gasteiger charge is 2.49. The van der Waals surface area contributed by atoms with E-state index in [1.807, 2.05) is 6.92 Å². The van der Waals surface area contributed by atoms with Gasteiger partial charge in [0.15, 0.2) is 0 Å². The molecule has 1 saturated heterocycles. The minimum Gasteiger partial charge on any atom is -0.378 e. The number of nitro benzene ring substituents is 1. The van der Waals surface area contributed by atoms with Crippen molar-refractivity contribution in [3.63, 3.8) is 0 Å². The molecule has 1 saturated carbocycles. The molecule has 4 rings (SSSR count). The fourth-order valence-corrected chi connectivity index (χ4v) is 5.01. The third-order valence-corrected chi connectivity index (χ3v) is 7.22. The minimum atomic E-state index is -0.579. The van der Waals surface area contributed by atoms with Crippen molar-refractivity contribution in [3.05, 3.63) is 62.7 Å². The number of benzene rings is 2. The van der Waals surface area contributed by atoms with E-state index in [1.165, 1.54) is 23.1 Å². The molecule has 1 aliphatic heterocycles. The van der Waals surface area contributed by atoms with Crippen LogP contribution in [0, 0.1) is 34.8 Å². The zero-order chi connectivity index (χ0) is 25.3. The molecule has 9 nitrogen and oxygen atoms in total. The van der Waals surface area contributed by atoms with E-state index >= 15 is 0 Å². The van der Waals surface area contributed by atoms with Gasteiger partial charge >= 0.3 is 0 Å². The van der Waals surface area contributed by atoms with Crippen molar-refractivity contribution in [2.24, 2.45) is 17.8 Å². The van der Waals surface area contributed by atoms with Crippen LogP contribution in [-0.2, 0) is 9.59 Å². The maximum Gasteiger partial charge on any atom is 0.293 e. The third kappa shape index (κ3) is 5.14. The molecule has 2 aliphatic rings.